The topological polar surface area (TPSA) is 36.3 Å². The first-order valence-corrected chi connectivity index (χ1v) is 12.1. The second kappa shape index (κ2) is 10.2. The normalized spacial score (nSPS) is 21.0. The van der Waals surface area contributed by atoms with Crippen molar-refractivity contribution in [3.63, 3.8) is 0 Å². The van der Waals surface area contributed by atoms with Crippen molar-refractivity contribution in [2.45, 2.75) is 43.1 Å². The molecule has 1 fully saturated rings. The van der Waals surface area contributed by atoms with Crippen molar-refractivity contribution in [3.8, 4) is 0 Å². The number of halogens is 3. The molecule has 0 N–H and O–H groups in total. The smallest absolute Gasteiger partial charge is 0.187 e. The number of benzene rings is 2. The molecule has 0 radical (unpaired) electrons. The zero-order chi connectivity index (χ0) is 21.8. The first-order chi connectivity index (χ1) is 14.9. The molecule has 0 bridgehead atoms. The van der Waals surface area contributed by atoms with E-state index < -0.39 is 5.79 Å². The van der Waals surface area contributed by atoms with Crippen molar-refractivity contribution in [1.29, 1.82) is 0 Å². The molecule has 4 nitrogen and oxygen atoms in total. The molecular formula is C23H23Cl3N2O2S. The molecule has 2 unspecified atom stereocenters. The average Bonchev–Trinajstić information content (AvgIpc) is 3.37. The van der Waals surface area contributed by atoms with Gasteiger partial charge in [0.15, 0.2) is 5.79 Å². The third-order valence-electron chi connectivity index (χ3n) is 5.21. The monoisotopic (exact) mass is 496 g/mol. The van der Waals surface area contributed by atoms with Gasteiger partial charge in [-0.1, -0.05) is 52.5 Å². The number of hydrogen-bond acceptors (Lipinski definition) is 4. The Morgan fingerprint density at radius 2 is 1.90 bits per heavy atom. The van der Waals surface area contributed by atoms with E-state index in [0.717, 1.165) is 11.3 Å². The molecule has 0 amide bonds. The van der Waals surface area contributed by atoms with Crippen LogP contribution in [0.15, 0.2) is 60.0 Å². The van der Waals surface area contributed by atoms with Gasteiger partial charge in [-0.15, -0.1) is 11.8 Å². The number of thioether (sulfide) groups is 1. The third kappa shape index (κ3) is 5.98. The molecule has 8 heteroatoms. The lowest BCUT2D eigenvalue weighted by atomic mass is 10.0. The minimum atomic E-state index is -0.772. The van der Waals surface area contributed by atoms with Gasteiger partial charge in [0.1, 0.15) is 0 Å². The van der Waals surface area contributed by atoms with Crippen LogP contribution in [0.5, 0.6) is 0 Å². The Morgan fingerprint density at radius 3 is 2.58 bits per heavy atom. The van der Waals surface area contributed by atoms with Crippen molar-refractivity contribution in [3.05, 3.63) is 81.3 Å². The summed E-state index contributed by atoms with van der Waals surface area (Å²) >= 11 is 20.6. The van der Waals surface area contributed by atoms with E-state index in [9.17, 15) is 0 Å². The van der Waals surface area contributed by atoms with Crippen molar-refractivity contribution in [2.24, 2.45) is 0 Å². The average molecular weight is 498 g/mol. The van der Waals surface area contributed by atoms with Crippen LogP contribution in [0.25, 0.3) is 0 Å². The van der Waals surface area contributed by atoms with Gasteiger partial charge in [-0.05, 0) is 43.2 Å². The van der Waals surface area contributed by atoms with Crippen LogP contribution in [0.3, 0.4) is 0 Å². The largest absolute Gasteiger partial charge is 0.345 e. The van der Waals surface area contributed by atoms with E-state index in [-0.39, 0.29) is 6.10 Å². The minimum absolute atomic E-state index is 0.00835. The Labute approximate surface area is 201 Å². The molecule has 1 aliphatic heterocycles. The standard InChI is InChI=1S/C23H23Cl3N2O2S/c1-16-2-4-19(5-3-16)31-13-18-12-29-23(30-18,14-28-9-8-27-15-28)7-6-20-21(25)10-17(24)11-22(20)26/h2-5,8-11,15,18H,6-7,12-14H2,1H3. The van der Waals surface area contributed by atoms with Crippen LogP contribution in [-0.4, -0.2) is 33.8 Å². The maximum Gasteiger partial charge on any atom is 0.187 e. The maximum atomic E-state index is 6.49. The van der Waals surface area contributed by atoms with Crippen LogP contribution in [0.2, 0.25) is 15.1 Å². The Kier molecular flexibility index (Phi) is 7.52. The molecule has 2 atom stereocenters. The van der Waals surface area contributed by atoms with Crippen LogP contribution in [0.1, 0.15) is 17.5 Å². The van der Waals surface area contributed by atoms with Gasteiger partial charge < -0.3 is 14.0 Å². The fourth-order valence-electron chi connectivity index (χ4n) is 3.60. The van der Waals surface area contributed by atoms with Crippen LogP contribution in [0, 0.1) is 6.92 Å². The fourth-order valence-corrected chi connectivity index (χ4v) is 5.48. The predicted molar refractivity (Wildman–Crippen MR) is 127 cm³/mol. The molecule has 1 saturated heterocycles. The summed E-state index contributed by atoms with van der Waals surface area (Å²) < 4.78 is 14.7. The van der Waals surface area contributed by atoms with E-state index in [2.05, 4.69) is 36.2 Å². The number of nitrogens with zero attached hydrogens (tertiary/aromatic N) is 2. The van der Waals surface area contributed by atoms with E-state index in [0.29, 0.717) is 41.1 Å². The highest BCUT2D eigenvalue weighted by molar-refractivity contribution is 7.99. The number of aryl methyl sites for hydroxylation is 1. The molecule has 0 saturated carbocycles. The summed E-state index contributed by atoms with van der Waals surface area (Å²) in [6.07, 6.45) is 6.64. The molecular weight excluding hydrogens is 475 g/mol. The number of imidazole rings is 1. The second-order valence-corrected chi connectivity index (χ2v) is 10.0. The van der Waals surface area contributed by atoms with Crippen LogP contribution in [0.4, 0.5) is 0 Å². The SMILES string of the molecule is Cc1ccc(SCC2COC(CCc3c(Cl)cc(Cl)cc3Cl)(Cn3ccnc3)O2)cc1. The summed E-state index contributed by atoms with van der Waals surface area (Å²) in [4.78, 5) is 5.37. The summed E-state index contributed by atoms with van der Waals surface area (Å²) in [5.74, 6) is 0.0443. The molecule has 2 aromatic carbocycles. The van der Waals surface area contributed by atoms with Gasteiger partial charge in [0.05, 0.1) is 25.6 Å². The quantitative estimate of drug-likeness (QED) is 0.325. The van der Waals surface area contributed by atoms with Gasteiger partial charge in [-0.2, -0.15) is 0 Å². The lowest BCUT2D eigenvalue weighted by Crippen LogP contribution is -2.37. The first-order valence-electron chi connectivity index (χ1n) is 10.0. The van der Waals surface area contributed by atoms with E-state index in [1.54, 1.807) is 36.4 Å². The maximum absolute atomic E-state index is 6.49. The van der Waals surface area contributed by atoms with Crippen LogP contribution >= 0.6 is 46.6 Å². The number of rotatable bonds is 8. The lowest BCUT2D eigenvalue weighted by Gasteiger charge is -2.29. The van der Waals surface area contributed by atoms with Crippen molar-refractivity contribution < 1.29 is 9.47 Å². The van der Waals surface area contributed by atoms with Crippen molar-refractivity contribution >= 4 is 46.6 Å². The molecule has 1 aromatic heterocycles. The zero-order valence-corrected chi connectivity index (χ0v) is 20.1. The highest BCUT2D eigenvalue weighted by Crippen LogP contribution is 2.36. The molecule has 4 rings (SSSR count). The number of aromatic nitrogens is 2. The van der Waals surface area contributed by atoms with Crippen molar-refractivity contribution in [1.82, 2.24) is 9.55 Å². The zero-order valence-electron chi connectivity index (χ0n) is 17.1. The summed E-state index contributed by atoms with van der Waals surface area (Å²) in [5.41, 5.74) is 2.10. The molecule has 0 aliphatic carbocycles. The van der Waals surface area contributed by atoms with Gasteiger partial charge in [0.25, 0.3) is 0 Å². The molecule has 0 spiro atoms. The second-order valence-electron chi connectivity index (χ2n) is 7.67. The third-order valence-corrected chi connectivity index (χ3v) is 7.25. The highest BCUT2D eigenvalue weighted by Gasteiger charge is 2.41. The van der Waals surface area contributed by atoms with Crippen LogP contribution < -0.4 is 0 Å². The molecule has 2 heterocycles. The van der Waals surface area contributed by atoms with E-state index in [4.69, 9.17) is 44.3 Å². The van der Waals surface area contributed by atoms with Gasteiger partial charge >= 0.3 is 0 Å². The molecule has 1 aliphatic rings. The Balaban J connectivity index is 1.45. The van der Waals surface area contributed by atoms with Gasteiger partial charge in [-0.25, -0.2) is 4.98 Å². The molecule has 164 valence electrons. The van der Waals surface area contributed by atoms with Gasteiger partial charge in [0, 0.05) is 44.5 Å². The Hall–Kier alpha value is -1.21. The molecule has 3 aromatic rings. The van der Waals surface area contributed by atoms with E-state index in [1.165, 1.54) is 10.5 Å². The van der Waals surface area contributed by atoms with Gasteiger partial charge in [-0.3, -0.25) is 0 Å². The number of hydrogen-bond donors (Lipinski definition) is 0. The fraction of sp³-hybridized carbons (Fsp3) is 0.348. The van der Waals surface area contributed by atoms with Crippen molar-refractivity contribution in [2.75, 3.05) is 12.4 Å². The Morgan fingerprint density at radius 1 is 1.16 bits per heavy atom. The van der Waals surface area contributed by atoms with E-state index in [1.807, 2.05) is 10.8 Å². The summed E-state index contributed by atoms with van der Waals surface area (Å²) in [5, 5.41) is 1.63. The lowest BCUT2D eigenvalue weighted by molar-refractivity contribution is -0.180. The molecule has 31 heavy (non-hydrogen) atoms. The summed E-state index contributed by atoms with van der Waals surface area (Å²) in [6, 6.07) is 11.9. The van der Waals surface area contributed by atoms with E-state index >= 15 is 0 Å². The predicted octanol–water partition coefficient (Wildman–Crippen LogP) is 6.69. The van der Waals surface area contributed by atoms with Crippen LogP contribution in [-0.2, 0) is 22.4 Å². The summed E-state index contributed by atoms with van der Waals surface area (Å²) in [7, 11) is 0. The highest BCUT2D eigenvalue weighted by atomic mass is 35.5. The van der Waals surface area contributed by atoms with Gasteiger partial charge in [0.2, 0.25) is 0 Å². The Bertz CT molecular complexity index is 991. The summed E-state index contributed by atoms with van der Waals surface area (Å²) in [6.45, 7) is 3.17. The first kappa shape index (κ1) is 23.0. The number of ether oxygens (including phenoxy) is 2. The minimum Gasteiger partial charge on any atom is -0.345 e.